The molecule has 0 spiro atoms. The molecular weight excluding hydrogens is 364 g/mol. The van der Waals surface area contributed by atoms with E-state index in [9.17, 15) is 4.79 Å². The lowest BCUT2D eigenvalue weighted by molar-refractivity contribution is -0.115. The smallest absolute Gasteiger partial charge is 0.238 e. The second-order valence-corrected chi connectivity index (χ2v) is 6.41. The standard InChI is InChI=1S/C17H18BrClN2O/c1-12-10-14(18)4-7-16(12)21-17(22)11-20-9-8-13-2-5-15(19)6-3-13/h2-7,10,20H,8-9,11H2,1H3,(H,21,22). The van der Waals surface area contributed by atoms with E-state index in [1.165, 1.54) is 5.56 Å². The molecule has 0 aliphatic heterocycles. The Morgan fingerprint density at radius 2 is 1.91 bits per heavy atom. The number of rotatable bonds is 6. The van der Waals surface area contributed by atoms with Crippen molar-refractivity contribution in [2.24, 2.45) is 0 Å². The van der Waals surface area contributed by atoms with E-state index in [4.69, 9.17) is 11.6 Å². The third kappa shape index (κ3) is 5.44. The average Bonchev–Trinajstić information content (AvgIpc) is 2.48. The number of hydrogen-bond donors (Lipinski definition) is 2. The van der Waals surface area contributed by atoms with Crippen molar-refractivity contribution >= 4 is 39.1 Å². The molecule has 0 unspecified atom stereocenters. The quantitative estimate of drug-likeness (QED) is 0.737. The second-order valence-electron chi connectivity index (χ2n) is 5.06. The van der Waals surface area contributed by atoms with Gasteiger partial charge in [-0.3, -0.25) is 4.79 Å². The van der Waals surface area contributed by atoms with Crippen molar-refractivity contribution in [3.8, 4) is 0 Å². The summed E-state index contributed by atoms with van der Waals surface area (Å²) in [5.41, 5.74) is 3.07. The first kappa shape index (κ1) is 17.0. The fourth-order valence-electron chi connectivity index (χ4n) is 2.05. The summed E-state index contributed by atoms with van der Waals surface area (Å²) in [5.74, 6) is -0.0403. The van der Waals surface area contributed by atoms with Gasteiger partial charge in [0.1, 0.15) is 0 Å². The van der Waals surface area contributed by atoms with Gasteiger partial charge in [-0.25, -0.2) is 0 Å². The van der Waals surface area contributed by atoms with Crippen LogP contribution in [0, 0.1) is 6.92 Å². The summed E-state index contributed by atoms with van der Waals surface area (Å²) < 4.78 is 1.00. The molecule has 0 aliphatic rings. The van der Waals surface area contributed by atoms with E-state index in [1.54, 1.807) is 0 Å². The summed E-state index contributed by atoms with van der Waals surface area (Å²) in [6.07, 6.45) is 0.863. The minimum absolute atomic E-state index is 0.0403. The fraction of sp³-hybridized carbons (Fsp3) is 0.235. The molecule has 116 valence electrons. The molecular formula is C17H18BrClN2O. The number of amides is 1. The largest absolute Gasteiger partial charge is 0.325 e. The molecule has 2 rings (SSSR count). The van der Waals surface area contributed by atoms with Crippen LogP contribution in [0.3, 0.4) is 0 Å². The van der Waals surface area contributed by atoms with Crippen molar-refractivity contribution in [3.05, 3.63) is 63.1 Å². The Hall–Kier alpha value is -1.36. The van der Waals surface area contributed by atoms with Gasteiger partial charge in [-0.05, 0) is 61.3 Å². The predicted molar refractivity (Wildman–Crippen MR) is 95.5 cm³/mol. The number of carbonyl (C=O) groups excluding carboxylic acids is 1. The maximum Gasteiger partial charge on any atom is 0.238 e. The molecule has 2 aromatic rings. The van der Waals surface area contributed by atoms with Crippen LogP contribution in [0.25, 0.3) is 0 Å². The van der Waals surface area contributed by atoms with Crippen LogP contribution in [0.4, 0.5) is 5.69 Å². The summed E-state index contributed by atoms with van der Waals surface area (Å²) in [6, 6.07) is 13.5. The molecule has 5 heteroatoms. The summed E-state index contributed by atoms with van der Waals surface area (Å²) in [6.45, 7) is 3.01. The van der Waals surface area contributed by atoms with Crippen LogP contribution in [0.2, 0.25) is 5.02 Å². The number of nitrogens with one attached hydrogen (secondary N) is 2. The molecule has 1 amide bonds. The minimum Gasteiger partial charge on any atom is -0.325 e. The Morgan fingerprint density at radius 1 is 1.18 bits per heavy atom. The maximum atomic E-state index is 11.9. The van der Waals surface area contributed by atoms with Crippen molar-refractivity contribution in [1.29, 1.82) is 0 Å². The van der Waals surface area contributed by atoms with Crippen molar-refractivity contribution in [1.82, 2.24) is 5.32 Å². The van der Waals surface area contributed by atoms with E-state index >= 15 is 0 Å². The van der Waals surface area contributed by atoms with Crippen LogP contribution in [0.15, 0.2) is 46.9 Å². The Labute approximate surface area is 144 Å². The van der Waals surface area contributed by atoms with E-state index in [0.717, 1.165) is 33.7 Å². The van der Waals surface area contributed by atoms with Gasteiger partial charge in [-0.2, -0.15) is 0 Å². The number of aryl methyl sites for hydroxylation is 1. The first-order chi connectivity index (χ1) is 10.5. The molecule has 2 aromatic carbocycles. The highest BCUT2D eigenvalue weighted by molar-refractivity contribution is 9.10. The van der Waals surface area contributed by atoms with Gasteiger partial charge >= 0.3 is 0 Å². The Balaban J connectivity index is 1.72. The Morgan fingerprint density at radius 3 is 2.59 bits per heavy atom. The molecule has 0 bridgehead atoms. The van der Waals surface area contributed by atoms with Crippen LogP contribution in [-0.4, -0.2) is 19.0 Å². The number of halogens is 2. The third-order valence-corrected chi connectivity index (χ3v) is 4.00. The van der Waals surface area contributed by atoms with E-state index in [2.05, 4.69) is 26.6 Å². The van der Waals surface area contributed by atoms with Gasteiger partial charge in [-0.1, -0.05) is 39.7 Å². The number of hydrogen-bond acceptors (Lipinski definition) is 2. The molecule has 3 nitrogen and oxygen atoms in total. The lowest BCUT2D eigenvalue weighted by Gasteiger charge is -2.09. The van der Waals surface area contributed by atoms with Crippen molar-refractivity contribution < 1.29 is 4.79 Å². The molecule has 0 fully saturated rings. The number of carbonyl (C=O) groups is 1. The van der Waals surface area contributed by atoms with E-state index in [1.807, 2.05) is 49.4 Å². The maximum absolute atomic E-state index is 11.9. The van der Waals surface area contributed by atoms with Crippen LogP contribution in [0.1, 0.15) is 11.1 Å². The van der Waals surface area contributed by atoms with Crippen molar-refractivity contribution in [2.45, 2.75) is 13.3 Å². The van der Waals surface area contributed by atoms with E-state index < -0.39 is 0 Å². The molecule has 0 atom stereocenters. The molecule has 0 aromatic heterocycles. The highest BCUT2D eigenvalue weighted by Gasteiger charge is 2.04. The second kappa shape index (κ2) is 8.32. The Bertz CT molecular complexity index is 644. The summed E-state index contributed by atoms with van der Waals surface area (Å²) in [5, 5.41) is 6.79. The molecule has 0 radical (unpaired) electrons. The zero-order valence-corrected chi connectivity index (χ0v) is 14.7. The number of anilines is 1. The van der Waals surface area contributed by atoms with Gasteiger partial charge < -0.3 is 10.6 Å². The topological polar surface area (TPSA) is 41.1 Å². The van der Waals surface area contributed by atoms with Gasteiger partial charge in [0.2, 0.25) is 5.91 Å². The van der Waals surface area contributed by atoms with Crippen molar-refractivity contribution in [3.63, 3.8) is 0 Å². The lowest BCUT2D eigenvalue weighted by atomic mass is 10.1. The monoisotopic (exact) mass is 380 g/mol. The summed E-state index contributed by atoms with van der Waals surface area (Å²) >= 11 is 9.25. The minimum atomic E-state index is -0.0403. The Kier molecular flexibility index (Phi) is 6.43. The van der Waals surface area contributed by atoms with Crippen molar-refractivity contribution in [2.75, 3.05) is 18.4 Å². The van der Waals surface area contributed by atoms with Crippen LogP contribution in [-0.2, 0) is 11.2 Å². The molecule has 0 saturated heterocycles. The SMILES string of the molecule is Cc1cc(Br)ccc1NC(=O)CNCCc1ccc(Cl)cc1. The van der Waals surface area contributed by atoms with Gasteiger partial charge in [0.05, 0.1) is 6.54 Å². The molecule has 2 N–H and O–H groups in total. The number of benzene rings is 2. The molecule has 0 aliphatic carbocycles. The van der Waals surface area contributed by atoms with Gasteiger partial charge in [0.25, 0.3) is 0 Å². The first-order valence-electron chi connectivity index (χ1n) is 7.06. The van der Waals surface area contributed by atoms with Gasteiger partial charge in [-0.15, -0.1) is 0 Å². The van der Waals surface area contributed by atoms with E-state index in [0.29, 0.717) is 6.54 Å². The molecule has 0 heterocycles. The van der Waals surface area contributed by atoms with Crippen LogP contribution < -0.4 is 10.6 Å². The normalized spacial score (nSPS) is 10.5. The highest BCUT2D eigenvalue weighted by Crippen LogP contribution is 2.19. The average molecular weight is 382 g/mol. The predicted octanol–water partition coefficient (Wildman–Crippen LogP) is 4.18. The van der Waals surface area contributed by atoms with Gasteiger partial charge in [0.15, 0.2) is 0 Å². The van der Waals surface area contributed by atoms with Crippen LogP contribution >= 0.6 is 27.5 Å². The zero-order valence-electron chi connectivity index (χ0n) is 12.3. The summed E-state index contributed by atoms with van der Waals surface area (Å²) in [7, 11) is 0. The van der Waals surface area contributed by atoms with E-state index in [-0.39, 0.29) is 5.91 Å². The summed E-state index contributed by atoms with van der Waals surface area (Å²) in [4.78, 5) is 11.9. The molecule has 22 heavy (non-hydrogen) atoms. The van der Waals surface area contributed by atoms with Crippen LogP contribution in [0.5, 0.6) is 0 Å². The highest BCUT2D eigenvalue weighted by atomic mass is 79.9. The lowest BCUT2D eigenvalue weighted by Crippen LogP contribution is -2.29. The van der Waals surface area contributed by atoms with Gasteiger partial charge in [0, 0.05) is 15.2 Å². The fourth-order valence-corrected chi connectivity index (χ4v) is 2.65. The first-order valence-corrected chi connectivity index (χ1v) is 8.23. The third-order valence-electron chi connectivity index (χ3n) is 3.25. The zero-order chi connectivity index (χ0) is 15.9. The molecule has 0 saturated carbocycles.